The molecular formula is C27H30N8O. The minimum atomic E-state index is -0.868. The fourth-order valence-corrected chi connectivity index (χ4v) is 5.22. The fourth-order valence-electron chi connectivity index (χ4n) is 5.22. The van der Waals surface area contributed by atoms with Crippen LogP contribution in [0.2, 0.25) is 0 Å². The third-order valence-electron chi connectivity index (χ3n) is 7.02. The molecule has 1 saturated heterocycles. The smallest absolute Gasteiger partial charge is 0.153 e. The molecule has 184 valence electrons. The molecule has 4 aromatic rings. The van der Waals surface area contributed by atoms with E-state index in [0.29, 0.717) is 24.8 Å². The van der Waals surface area contributed by atoms with Crippen LogP contribution in [0.3, 0.4) is 0 Å². The van der Waals surface area contributed by atoms with Crippen LogP contribution in [0.4, 0.5) is 5.82 Å². The fraction of sp³-hybridized carbons (Fsp3) is 0.370. The molecule has 9 nitrogen and oxygen atoms in total. The minimum Gasteiger partial charge on any atom is -0.379 e. The molecular weight excluding hydrogens is 452 g/mol. The van der Waals surface area contributed by atoms with Gasteiger partial charge in [0.1, 0.15) is 17.7 Å². The van der Waals surface area contributed by atoms with Gasteiger partial charge in [-0.3, -0.25) is 4.68 Å². The van der Waals surface area contributed by atoms with Gasteiger partial charge in [0, 0.05) is 41.7 Å². The Hall–Kier alpha value is -3.69. The number of hydrogen-bond donors (Lipinski definition) is 2. The van der Waals surface area contributed by atoms with Gasteiger partial charge >= 0.3 is 0 Å². The van der Waals surface area contributed by atoms with E-state index in [4.69, 9.17) is 15.5 Å². The molecule has 0 spiro atoms. The molecule has 6 rings (SSSR count). The summed E-state index contributed by atoms with van der Waals surface area (Å²) in [5.74, 6) is 1.74. The van der Waals surface area contributed by atoms with E-state index in [9.17, 15) is 0 Å². The van der Waals surface area contributed by atoms with Crippen molar-refractivity contribution in [2.24, 2.45) is 12.8 Å². The number of aryl methyl sites for hydroxylation is 1. The molecule has 0 radical (unpaired) electrons. The lowest BCUT2D eigenvalue weighted by atomic mass is 9.90. The van der Waals surface area contributed by atoms with Gasteiger partial charge in [0.2, 0.25) is 0 Å². The number of benzene rings is 1. The Labute approximate surface area is 209 Å². The van der Waals surface area contributed by atoms with Crippen molar-refractivity contribution in [2.75, 3.05) is 18.5 Å². The second-order valence-electron chi connectivity index (χ2n) is 9.98. The summed E-state index contributed by atoms with van der Waals surface area (Å²) in [6.45, 7) is 5.83. The lowest BCUT2D eigenvalue weighted by Gasteiger charge is -2.25. The van der Waals surface area contributed by atoms with Crippen LogP contribution >= 0.6 is 0 Å². The average molecular weight is 483 g/mol. The zero-order valence-electron chi connectivity index (χ0n) is 20.8. The Morgan fingerprint density at radius 3 is 2.89 bits per heavy atom. The van der Waals surface area contributed by atoms with Gasteiger partial charge in [0.15, 0.2) is 5.82 Å². The van der Waals surface area contributed by atoms with Crippen LogP contribution < -0.4 is 21.6 Å². The van der Waals surface area contributed by atoms with Crippen LogP contribution in [-0.4, -0.2) is 49.0 Å². The van der Waals surface area contributed by atoms with Gasteiger partial charge in [0.25, 0.3) is 0 Å². The highest BCUT2D eigenvalue weighted by molar-refractivity contribution is 5.86. The van der Waals surface area contributed by atoms with Gasteiger partial charge in [-0.2, -0.15) is 5.10 Å². The van der Waals surface area contributed by atoms with Crippen molar-refractivity contribution >= 4 is 28.9 Å². The van der Waals surface area contributed by atoms with E-state index in [2.05, 4.69) is 57.4 Å². The molecule has 3 aromatic heterocycles. The van der Waals surface area contributed by atoms with Crippen molar-refractivity contribution in [2.45, 2.75) is 44.2 Å². The summed E-state index contributed by atoms with van der Waals surface area (Å²) in [6.07, 6.45) is 8.90. The zero-order valence-corrected chi connectivity index (χ0v) is 20.8. The molecule has 2 aliphatic rings. The first kappa shape index (κ1) is 22.8. The van der Waals surface area contributed by atoms with Gasteiger partial charge in [-0.25, -0.2) is 19.9 Å². The molecule has 2 atom stereocenters. The maximum atomic E-state index is 6.89. The van der Waals surface area contributed by atoms with Crippen molar-refractivity contribution < 1.29 is 4.74 Å². The quantitative estimate of drug-likeness (QED) is 0.443. The zero-order chi connectivity index (χ0) is 24.9. The number of nitrogens with one attached hydrogen (secondary N) is 1. The van der Waals surface area contributed by atoms with Gasteiger partial charge in [0.05, 0.1) is 29.2 Å². The molecule has 1 aromatic carbocycles. The molecule has 4 heterocycles. The first-order chi connectivity index (χ1) is 17.4. The summed E-state index contributed by atoms with van der Waals surface area (Å²) >= 11 is 0. The molecule has 36 heavy (non-hydrogen) atoms. The van der Waals surface area contributed by atoms with Crippen molar-refractivity contribution in [1.29, 1.82) is 0 Å². The third kappa shape index (κ3) is 3.94. The Morgan fingerprint density at radius 1 is 1.19 bits per heavy atom. The number of aromatic nitrogens is 6. The molecule has 0 bridgehead atoms. The van der Waals surface area contributed by atoms with E-state index in [1.165, 1.54) is 5.69 Å². The summed E-state index contributed by atoms with van der Waals surface area (Å²) in [5, 5.41) is 11.0. The predicted octanol–water partition coefficient (Wildman–Crippen LogP) is 1.96. The molecule has 2 unspecified atom stereocenters. The Morgan fingerprint density at radius 2 is 2.08 bits per heavy atom. The third-order valence-corrected chi connectivity index (χ3v) is 7.02. The monoisotopic (exact) mass is 482 g/mol. The summed E-state index contributed by atoms with van der Waals surface area (Å²) < 4.78 is 7.46. The first-order valence-electron chi connectivity index (χ1n) is 12.4. The van der Waals surface area contributed by atoms with Crippen LogP contribution in [0.1, 0.15) is 44.1 Å². The molecule has 1 aliphatic carbocycles. The summed E-state index contributed by atoms with van der Waals surface area (Å²) in [4.78, 5) is 18.5. The molecule has 0 saturated carbocycles. The van der Waals surface area contributed by atoms with Crippen molar-refractivity contribution in [3.05, 3.63) is 58.9 Å². The average Bonchev–Trinajstić information content (AvgIpc) is 3.50. The van der Waals surface area contributed by atoms with E-state index in [0.717, 1.165) is 51.6 Å². The SMILES string of the molecule is CC(C)c1c2cc(-c3ccnc(C4(N)C=c5ncnc(NC6CCOC6)c5=CC4)n3)ccc2nn1C. The van der Waals surface area contributed by atoms with E-state index in [-0.39, 0.29) is 6.04 Å². The van der Waals surface area contributed by atoms with Gasteiger partial charge in [-0.1, -0.05) is 26.0 Å². The van der Waals surface area contributed by atoms with Crippen molar-refractivity contribution in [3.63, 3.8) is 0 Å². The lowest BCUT2D eigenvalue weighted by molar-refractivity contribution is 0.195. The number of nitrogens with zero attached hydrogens (tertiary/aromatic N) is 6. The molecule has 9 heteroatoms. The van der Waals surface area contributed by atoms with Crippen LogP contribution in [0.25, 0.3) is 34.3 Å². The standard InChI is InChI=1S/C27H30N8O/c1-16(2)24-20-12-17(4-5-22(20)34-35(24)3)21-7-10-29-26(33-21)27(28)9-6-19-23(13-27)30-15-31-25(19)32-18-8-11-36-14-18/h4-7,10,12-13,15-16,18H,8-9,11,14,28H2,1-3H3,(H,30,31,32). The number of nitrogens with two attached hydrogens (primary N) is 1. The summed E-state index contributed by atoms with van der Waals surface area (Å²) in [5.41, 5.74) is 10.0. The highest BCUT2D eigenvalue weighted by Gasteiger charge is 2.30. The summed E-state index contributed by atoms with van der Waals surface area (Å²) in [7, 11) is 2.00. The predicted molar refractivity (Wildman–Crippen MR) is 139 cm³/mol. The maximum Gasteiger partial charge on any atom is 0.153 e. The molecule has 0 amide bonds. The Bertz CT molecular complexity index is 1570. The highest BCUT2D eigenvalue weighted by Crippen LogP contribution is 2.30. The normalized spacial score (nSPS) is 21.3. The minimum absolute atomic E-state index is 0.260. The second kappa shape index (κ2) is 8.76. The Kier molecular flexibility index (Phi) is 5.54. The van der Waals surface area contributed by atoms with Gasteiger partial charge < -0.3 is 15.8 Å². The van der Waals surface area contributed by atoms with Crippen LogP contribution in [0, 0.1) is 0 Å². The van der Waals surface area contributed by atoms with Crippen LogP contribution in [0.5, 0.6) is 0 Å². The lowest BCUT2D eigenvalue weighted by Crippen LogP contribution is -2.46. The largest absolute Gasteiger partial charge is 0.379 e. The van der Waals surface area contributed by atoms with Crippen molar-refractivity contribution in [1.82, 2.24) is 29.7 Å². The van der Waals surface area contributed by atoms with E-state index >= 15 is 0 Å². The topological polar surface area (TPSA) is 117 Å². The van der Waals surface area contributed by atoms with Crippen LogP contribution in [-0.2, 0) is 17.3 Å². The molecule has 3 N–H and O–H groups in total. The number of anilines is 1. The number of hydrogen-bond acceptors (Lipinski definition) is 8. The van der Waals surface area contributed by atoms with Crippen LogP contribution in [0.15, 0.2) is 36.8 Å². The highest BCUT2D eigenvalue weighted by atomic mass is 16.5. The summed E-state index contributed by atoms with van der Waals surface area (Å²) in [6, 6.07) is 8.45. The van der Waals surface area contributed by atoms with E-state index < -0.39 is 5.54 Å². The van der Waals surface area contributed by atoms with E-state index in [1.807, 2.05) is 29.9 Å². The first-order valence-corrected chi connectivity index (χ1v) is 12.4. The number of rotatable bonds is 5. The second-order valence-corrected chi connectivity index (χ2v) is 9.98. The molecule has 1 fully saturated rings. The number of ether oxygens (including phenoxy) is 1. The van der Waals surface area contributed by atoms with E-state index in [1.54, 1.807) is 12.5 Å². The molecule has 1 aliphatic heterocycles. The maximum absolute atomic E-state index is 6.89. The van der Waals surface area contributed by atoms with Gasteiger partial charge in [-0.05, 0) is 43.0 Å². The van der Waals surface area contributed by atoms with Crippen molar-refractivity contribution in [3.8, 4) is 11.3 Å². The number of fused-ring (bicyclic) bond motifs is 2. The Balaban J connectivity index is 1.37. The van der Waals surface area contributed by atoms with Gasteiger partial charge in [-0.15, -0.1) is 0 Å².